The predicted octanol–water partition coefficient (Wildman–Crippen LogP) is 5.00. The van der Waals surface area contributed by atoms with Crippen molar-refractivity contribution in [3.8, 4) is 11.5 Å². The number of para-hydroxylation sites is 2. The molecule has 0 bridgehead atoms. The lowest BCUT2D eigenvalue weighted by Gasteiger charge is -2.09. The molecule has 0 unspecified atom stereocenters. The van der Waals surface area contributed by atoms with Crippen LogP contribution in [0.25, 0.3) is 10.9 Å². The van der Waals surface area contributed by atoms with Crippen LogP contribution in [-0.2, 0) is 6.42 Å². The van der Waals surface area contributed by atoms with E-state index in [0.717, 1.165) is 28.6 Å². The van der Waals surface area contributed by atoms with E-state index in [1.807, 2.05) is 54.6 Å². The zero-order valence-corrected chi connectivity index (χ0v) is 15.3. The van der Waals surface area contributed by atoms with Gasteiger partial charge in [-0.2, -0.15) is 0 Å². The molecule has 3 aromatic carbocycles. The molecule has 4 nitrogen and oxygen atoms in total. The van der Waals surface area contributed by atoms with Gasteiger partial charge >= 0.3 is 0 Å². The Bertz CT molecular complexity index is 1070. The zero-order valence-electron chi connectivity index (χ0n) is 15.3. The highest BCUT2D eigenvalue weighted by atomic mass is 16.5. The molecule has 0 saturated carbocycles. The molecule has 1 N–H and O–H groups in total. The van der Waals surface area contributed by atoms with Gasteiger partial charge in [0.1, 0.15) is 11.5 Å². The van der Waals surface area contributed by atoms with Crippen LogP contribution in [0.5, 0.6) is 11.5 Å². The molecule has 28 heavy (non-hydrogen) atoms. The van der Waals surface area contributed by atoms with Crippen LogP contribution in [0.1, 0.15) is 15.9 Å². The number of hydrogen-bond donors (Lipinski definition) is 1. The van der Waals surface area contributed by atoms with Crippen molar-refractivity contribution in [1.29, 1.82) is 0 Å². The number of aromatic nitrogens is 1. The van der Waals surface area contributed by atoms with E-state index in [4.69, 9.17) is 4.74 Å². The maximum Gasteiger partial charge on any atom is 0.251 e. The van der Waals surface area contributed by atoms with Gasteiger partial charge < -0.3 is 10.1 Å². The minimum absolute atomic E-state index is 0.0977. The topological polar surface area (TPSA) is 51.2 Å². The first-order valence-electron chi connectivity index (χ1n) is 9.23. The highest BCUT2D eigenvalue weighted by Gasteiger charge is 2.07. The van der Waals surface area contributed by atoms with Gasteiger partial charge in [0, 0.05) is 23.7 Å². The lowest BCUT2D eigenvalue weighted by atomic mass is 10.1. The van der Waals surface area contributed by atoms with Crippen LogP contribution in [0, 0.1) is 0 Å². The lowest BCUT2D eigenvalue weighted by Crippen LogP contribution is -2.25. The SMILES string of the molecule is O=C(NCCc1cccc2cccnc12)c1ccc(Oc2ccccc2)cc1. The van der Waals surface area contributed by atoms with E-state index in [9.17, 15) is 4.79 Å². The van der Waals surface area contributed by atoms with E-state index >= 15 is 0 Å². The third-order valence-electron chi connectivity index (χ3n) is 4.49. The highest BCUT2D eigenvalue weighted by Crippen LogP contribution is 2.21. The Hall–Kier alpha value is -3.66. The first-order chi connectivity index (χ1) is 13.8. The molecule has 138 valence electrons. The number of nitrogens with zero attached hydrogens (tertiary/aromatic N) is 1. The summed E-state index contributed by atoms with van der Waals surface area (Å²) in [5.41, 5.74) is 2.73. The van der Waals surface area contributed by atoms with E-state index in [2.05, 4.69) is 16.4 Å². The third kappa shape index (κ3) is 4.18. The summed E-state index contributed by atoms with van der Waals surface area (Å²) in [4.78, 5) is 16.9. The zero-order chi connectivity index (χ0) is 19.2. The molecule has 1 amide bonds. The van der Waals surface area contributed by atoms with E-state index in [1.54, 1.807) is 30.5 Å². The van der Waals surface area contributed by atoms with Crippen LogP contribution < -0.4 is 10.1 Å². The Morgan fingerprint density at radius 3 is 2.39 bits per heavy atom. The van der Waals surface area contributed by atoms with Crippen molar-refractivity contribution in [3.05, 3.63) is 102 Å². The maximum atomic E-state index is 12.4. The van der Waals surface area contributed by atoms with Crippen molar-refractivity contribution in [2.45, 2.75) is 6.42 Å². The number of carbonyl (C=O) groups is 1. The minimum Gasteiger partial charge on any atom is -0.457 e. The molecule has 0 aliphatic rings. The quantitative estimate of drug-likeness (QED) is 0.521. The second kappa shape index (κ2) is 8.35. The second-order valence-corrected chi connectivity index (χ2v) is 6.44. The van der Waals surface area contributed by atoms with Crippen molar-refractivity contribution in [2.75, 3.05) is 6.54 Å². The van der Waals surface area contributed by atoms with Gasteiger partial charge in [-0.05, 0) is 54.4 Å². The summed E-state index contributed by atoms with van der Waals surface area (Å²) < 4.78 is 5.75. The molecule has 0 fully saturated rings. The second-order valence-electron chi connectivity index (χ2n) is 6.44. The van der Waals surface area contributed by atoms with Crippen LogP contribution in [-0.4, -0.2) is 17.4 Å². The molecule has 4 heteroatoms. The lowest BCUT2D eigenvalue weighted by molar-refractivity contribution is 0.0954. The molecule has 0 atom stereocenters. The molecule has 0 aliphatic heterocycles. The summed E-state index contributed by atoms with van der Waals surface area (Å²) >= 11 is 0. The Morgan fingerprint density at radius 1 is 0.821 bits per heavy atom. The molecule has 1 aromatic heterocycles. The fourth-order valence-corrected chi connectivity index (χ4v) is 3.08. The number of pyridine rings is 1. The summed E-state index contributed by atoms with van der Waals surface area (Å²) in [6.45, 7) is 0.552. The van der Waals surface area contributed by atoms with Crippen LogP contribution in [0.15, 0.2) is 91.1 Å². The van der Waals surface area contributed by atoms with Crippen molar-refractivity contribution in [1.82, 2.24) is 10.3 Å². The van der Waals surface area contributed by atoms with Gasteiger partial charge in [-0.15, -0.1) is 0 Å². The fraction of sp³-hybridized carbons (Fsp3) is 0.0833. The number of benzene rings is 3. The van der Waals surface area contributed by atoms with Gasteiger partial charge in [0.15, 0.2) is 0 Å². The first kappa shape index (κ1) is 17.7. The summed E-state index contributed by atoms with van der Waals surface area (Å²) in [6.07, 6.45) is 2.53. The third-order valence-corrected chi connectivity index (χ3v) is 4.49. The van der Waals surface area contributed by atoms with Crippen molar-refractivity contribution in [2.24, 2.45) is 0 Å². The van der Waals surface area contributed by atoms with E-state index in [-0.39, 0.29) is 5.91 Å². The molecule has 0 saturated heterocycles. The summed E-state index contributed by atoms with van der Waals surface area (Å²) in [5, 5.41) is 4.09. The van der Waals surface area contributed by atoms with Crippen LogP contribution in [0.3, 0.4) is 0 Å². The van der Waals surface area contributed by atoms with Crippen molar-refractivity contribution < 1.29 is 9.53 Å². The Labute approximate surface area is 163 Å². The van der Waals surface area contributed by atoms with Gasteiger partial charge in [0.05, 0.1) is 5.52 Å². The number of nitrogens with one attached hydrogen (secondary N) is 1. The van der Waals surface area contributed by atoms with Gasteiger partial charge in [0.2, 0.25) is 0 Å². The Kier molecular flexibility index (Phi) is 5.29. The summed E-state index contributed by atoms with van der Waals surface area (Å²) in [5.74, 6) is 1.37. The number of fused-ring (bicyclic) bond motifs is 1. The van der Waals surface area contributed by atoms with Crippen LogP contribution in [0.2, 0.25) is 0 Å². The average molecular weight is 368 g/mol. The van der Waals surface area contributed by atoms with Gasteiger partial charge in [-0.3, -0.25) is 9.78 Å². The minimum atomic E-state index is -0.0977. The number of ether oxygens (including phenoxy) is 1. The molecule has 0 aliphatic carbocycles. The number of hydrogen-bond acceptors (Lipinski definition) is 3. The monoisotopic (exact) mass is 368 g/mol. The molecule has 4 aromatic rings. The van der Waals surface area contributed by atoms with Gasteiger partial charge in [-0.1, -0.05) is 42.5 Å². The van der Waals surface area contributed by atoms with E-state index in [0.29, 0.717) is 17.9 Å². The average Bonchev–Trinajstić information content (AvgIpc) is 2.75. The molecule has 0 radical (unpaired) electrons. The largest absolute Gasteiger partial charge is 0.457 e. The number of carbonyl (C=O) groups excluding carboxylic acids is 1. The molecule has 1 heterocycles. The van der Waals surface area contributed by atoms with Gasteiger partial charge in [-0.25, -0.2) is 0 Å². The molecule has 0 spiro atoms. The highest BCUT2D eigenvalue weighted by molar-refractivity contribution is 5.94. The maximum absolute atomic E-state index is 12.4. The van der Waals surface area contributed by atoms with Crippen molar-refractivity contribution >= 4 is 16.8 Å². The number of rotatable bonds is 6. The normalized spacial score (nSPS) is 10.6. The molecular weight excluding hydrogens is 348 g/mol. The standard InChI is InChI=1S/C24H20N2O2/c27-24(20-11-13-22(14-12-20)28-21-9-2-1-3-10-21)26-17-15-19-7-4-6-18-8-5-16-25-23(18)19/h1-14,16H,15,17H2,(H,26,27). The van der Waals surface area contributed by atoms with E-state index < -0.39 is 0 Å². The fourth-order valence-electron chi connectivity index (χ4n) is 3.08. The van der Waals surface area contributed by atoms with Crippen LogP contribution in [0.4, 0.5) is 0 Å². The van der Waals surface area contributed by atoms with Crippen molar-refractivity contribution in [3.63, 3.8) is 0 Å². The van der Waals surface area contributed by atoms with Crippen LogP contribution >= 0.6 is 0 Å². The molecule has 4 rings (SSSR count). The molecular formula is C24H20N2O2. The Balaban J connectivity index is 1.35. The summed E-state index contributed by atoms with van der Waals surface area (Å²) in [7, 11) is 0. The number of amides is 1. The smallest absolute Gasteiger partial charge is 0.251 e. The van der Waals surface area contributed by atoms with E-state index in [1.165, 1.54) is 0 Å². The Morgan fingerprint density at radius 2 is 1.57 bits per heavy atom. The van der Waals surface area contributed by atoms with Gasteiger partial charge in [0.25, 0.3) is 5.91 Å². The first-order valence-corrected chi connectivity index (χ1v) is 9.23. The summed E-state index contributed by atoms with van der Waals surface area (Å²) in [6, 6.07) is 26.8. The predicted molar refractivity (Wildman–Crippen MR) is 111 cm³/mol.